The molecule has 2 heterocycles. The Morgan fingerprint density at radius 1 is 1.30 bits per heavy atom. The Bertz CT molecular complexity index is 1240. The number of hydrogen-bond acceptors (Lipinski definition) is 7. The number of nitrogens with one attached hydrogen (secondary N) is 2. The standard InChI is InChI=1S/C23H25N5O5/c1-15-18(9-4-10-20(15)28(31)32)25-22(29)14-27(12-16-6-5-11-33-16)13-21-24-19-8-3-2-7-17(19)23(30)26-21/h2-4,7-10,16H,5-6,11-14H2,1H3,(H,25,29)(H,24,26,30). The second-order valence-electron chi connectivity index (χ2n) is 8.09. The first-order valence-electron chi connectivity index (χ1n) is 10.8. The lowest BCUT2D eigenvalue weighted by Gasteiger charge is -2.24. The van der Waals surface area contributed by atoms with E-state index in [1.807, 2.05) is 11.0 Å². The fraction of sp³-hybridized carbons (Fsp3) is 0.348. The fourth-order valence-corrected chi connectivity index (χ4v) is 4.03. The van der Waals surface area contributed by atoms with Gasteiger partial charge in [0.05, 0.1) is 46.3 Å². The lowest BCUT2D eigenvalue weighted by molar-refractivity contribution is -0.385. The average Bonchev–Trinajstić information content (AvgIpc) is 3.28. The maximum absolute atomic E-state index is 12.8. The summed E-state index contributed by atoms with van der Waals surface area (Å²) in [6.07, 6.45) is 1.84. The molecule has 1 aliphatic heterocycles. The maximum atomic E-state index is 12.8. The van der Waals surface area contributed by atoms with Gasteiger partial charge in [0.25, 0.3) is 11.2 Å². The molecule has 0 bridgehead atoms. The van der Waals surface area contributed by atoms with Crippen molar-refractivity contribution < 1.29 is 14.5 Å². The number of aromatic nitrogens is 2. The molecule has 2 N–H and O–H groups in total. The second-order valence-corrected chi connectivity index (χ2v) is 8.09. The molecule has 1 aliphatic rings. The number of para-hydroxylation sites is 1. The van der Waals surface area contributed by atoms with E-state index in [0.29, 0.717) is 41.1 Å². The molecule has 0 radical (unpaired) electrons. The largest absolute Gasteiger partial charge is 0.377 e. The number of rotatable bonds is 8. The van der Waals surface area contributed by atoms with Crippen molar-refractivity contribution in [3.8, 4) is 0 Å². The van der Waals surface area contributed by atoms with Crippen molar-refractivity contribution >= 4 is 28.2 Å². The minimum Gasteiger partial charge on any atom is -0.377 e. The predicted molar refractivity (Wildman–Crippen MR) is 123 cm³/mol. The highest BCUT2D eigenvalue weighted by Gasteiger charge is 2.23. The molecule has 1 aromatic heterocycles. The highest BCUT2D eigenvalue weighted by molar-refractivity contribution is 5.93. The van der Waals surface area contributed by atoms with Gasteiger partial charge >= 0.3 is 0 Å². The van der Waals surface area contributed by atoms with Gasteiger partial charge in [-0.2, -0.15) is 0 Å². The number of hydrogen-bond donors (Lipinski definition) is 2. The zero-order valence-electron chi connectivity index (χ0n) is 18.2. The van der Waals surface area contributed by atoms with E-state index in [2.05, 4.69) is 15.3 Å². The number of ether oxygens (including phenoxy) is 1. The average molecular weight is 451 g/mol. The van der Waals surface area contributed by atoms with Crippen molar-refractivity contribution in [1.82, 2.24) is 14.9 Å². The molecule has 0 aliphatic carbocycles. The molecule has 1 fully saturated rings. The molecule has 1 amide bonds. The minimum atomic E-state index is -0.476. The molecular formula is C23H25N5O5. The number of fused-ring (bicyclic) bond motifs is 1. The van der Waals surface area contributed by atoms with Gasteiger partial charge in [-0.1, -0.05) is 18.2 Å². The Hall–Kier alpha value is -3.63. The number of carbonyl (C=O) groups excluding carboxylic acids is 1. The number of amides is 1. The smallest absolute Gasteiger partial charge is 0.274 e. The topological polar surface area (TPSA) is 130 Å². The quantitative estimate of drug-likeness (QED) is 0.398. The summed E-state index contributed by atoms with van der Waals surface area (Å²) in [5.41, 5.74) is 1.09. The van der Waals surface area contributed by atoms with Crippen LogP contribution in [-0.2, 0) is 16.1 Å². The summed E-state index contributed by atoms with van der Waals surface area (Å²) in [4.78, 5) is 45.2. The van der Waals surface area contributed by atoms with E-state index in [0.717, 1.165) is 12.8 Å². The van der Waals surface area contributed by atoms with Crippen LogP contribution in [0.4, 0.5) is 11.4 Å². The zero-order chi connectivity index (χ0) is 23.4. The van der Waals surface area contributed by atoms with Crippen LogP contribution >= 0.6 is 0 Å². The summed E-state index contributed by atoms with van der Waals surface area (Å²) in [5, 5.41) is 14.5. The lowest BCUT2D eigenvalue weighted by Crippen LogP contribution is -2.38. The number of nitro benzene ring substituents is 1. The molecule has 1 unspecified atom stereocenters. The first kappa shape index (κ1) is 22.6. The van der Waals surface area contributed by atoms with E-state index in [-0.39, 0.29) is 36.3 Å². The third-order valence-electron chi connectivity index (χ3n) is 5.66. The van der Waals surface area contributed by atoms with E-state index >= 15 is 0 Å². The van der Waals surface area contributed by atoms with Gasteiger partial charge in [-0.3, -0.25) is 24.6 Å². The van der Waals surface area contributed by atoms with Gasteiger partial charge in [0.15, 0.2) is 0 Å². The van der Waals surface area contributed by atoms with Crippen molar-refractivity contribution in [3.63, 3.8) is 0 Å². The Morgan fingerprint density at radius 2 is 2.12 bits per heavy atom. The number of carbonyl (C=O) groups is 1. The summed E-state index contributed by atoms with van der Waals surface area (Å²) >= 11 is 0. The van der Waals surface area contributed by atoms with Crippen LogP contribution in [0.5, 0.6) is 0 Å². The van der Waals surface area contributed by atoms with Crippen LogP contribution in [0.2, 0.25) is 0 Å². The molecule has 33 heavy (non-hydrogen) atoms. The van der Waals surface area contributed by atoms with E-state index in [1.54, 1.807) is 31.2 Å². The summed E-state index contributed by atoms with van der Waals surface area (Å²) in [7, 11) is 0. The number of H-pyrrole nitrogens is 1. The molecule has 1 atom stereocenters. The third-order valence-corrected chi connectivity index (χ3v) is 5.66. The van der Waals surface area contributed by atoms with Gasteiger partial charge in [-0.15, -0.1) is 0 Å². The van der Waals surface area contributed by atoms with Gasteiger partial charge in [-0.05, 0) is 38.0 Å². The molecule has 0 spiro atoms. The molecular weight excluding hydrogens is 426 g/mol. The number of nitrogens with zero attached hydrogens (tertiary/aromatic N) is 3. The van der Waals surface area contributed by atoms with Crippen LogP contribution in [0.15, 0.2) is 47.3 Å². The Balaban J connectivity index is 1.52. The highest BCUT2D eigenvalue weighted by Crippen LogP contribution is 2.25. The fourth-order valence-electron chi connectivity index (χ4n) is 4.03. The van der Waals surface area contributed by atoms with Gasteiger partial charge in [0.2, 0.25) is 5.91 Å². The number of anilines is 1. The van der Waals surface area contributed by atoms with E-state index < -0.39 is 4.92 Å². The molecule has 0 saturated carbocycles. The van der Waals surface area contributed by atoms with Gasteiger partial charge < -0.3 is 15.0 Å². The number of benzene rings is 2. The Morgan fingerprint density at radius 3 is 2.88 bits per heavy atom. The van der Waals surface area contributed by atoms with Crippen LogP contribution in [0, 0.1) is 17.0 Å². The van der Waals surface area contributed by atoms with Crippen LogP contribution < -0.4 is 10.9 Å². The van der Waals surface area contributed by atoms with Crippen molar-refractivity contribution in [2.24, 2.45) is 0 Å². The molecule has 10 nitrogen and oxygen atoms in total. The normalized spacial score (nSPS) is 15.8. The first-order chi connectivity index (χ1) is 15.9. The third kappa shape index (κ3) is 5.41. The number of nitro groups is 1. The van der Waals surface area contributed by atoms with Crippen molar-refractivity contribution in [2.75, 3.05) is 25.0 Å². The Kier molecular flexibility index (Phi) is 6.76. The predicted octanol–water partition coefficient (Wildman–Crippen LogP) is 2.76. The van der Waals surface area contributed by atoms with Gasteiger partial charge in [-0.25, -0.2) is 4.98 Å². The van der Waals surface area contributed by atoms with Crippen molar-refractivity contribution in [1.29, 1.82) is 0 Å². The summed E-state index contributed by atoms with van der Waals surface area (Å²) in [6, 6.07) is 11.7. The summed E-state index contributed by atoms with van der Waals surface area (Å²) in [6.45, 7) is 3.04. The highest BCUT2D eigenvalue weighted by atomic mass is 16.6. The van der Waals surface area contributed by atoms with Crippen LogP contribution in [-0.4, -0.2) is 51.5 Å². The van der Waals surface area contributed by atoms with Crippen molar-refractivity contribution in [2.45, 2.75) is 32.4 Å². The van der Waals surface area contributed by atoms with E-state index in [4.69, 9.17) is 4.74 Å². The lowest BCUT2D eigenvalue weighted by atomic mass is 10.1. The molecule has 172 valence electrons. The summed E-state index contributed by atoms with van der Waals surface area (Å²) < 4.78 is 5.74. The SMILES string of the molecule is Cc1c(NC(=O)CN(Cc2nc3ccccc3c(=O)[nH]2)CC2CCCO2)cccc1[N+](=O)[O-]. The Labute approximate surface area is 189 Å². The van der Waals surface area contributed by atoms with E-state index in [9.17, 15) is 19.7 Å². The second kappa shape index (κ2) is 9.88. The molecule has 1 saturated heterocycles. The minimum absolute atomic E-state index is 0.00970. The molecule has 2 aromatic carbocycles. The van der Waals surface area contributed by atoms with Crippen molar-refractivity contribution in [3.05, 3.63) is 74.3 Å². The number of aromatic amines is 1. The molecule has 3 aromatic rings. The van der Waals surface area contributed by atoms with E-state index in [1.165, 1.54) is 12.1 Å². The summed E-state index contributed by atoms with van der Waals surface area (Å²) in [5.74, 6) is 0.135. The van der Waals surface area contributed by atoms with Crippen LogP contribution in [0.1, 0.15) is 24.2 Å². The zero-order valence-corrected chi connectivity index (χ0v) is 18.2. The monoisotopic (exact) mass is 451 g/mol. The maximum Gasteiger partial charge on any atom is 0.274 e. The van der Waals surface area contributed by atoms with Crippen LogP contribution in [0.25, 0.3) is 10.9 Å². The molecule has 4 rings (SSSR count). The van der Waals surface area contributed by atoms with Gasteiger partial charge in [0, 0.05) is 19.2 Å². The van der Waals surface area contributed by atoms with Gasteiger partial charge in [0.1, 0.15) is 5.82 Å². The molecule has 10 heteroatoms. The first-order valence-corrected chi connectivity index (χ1v) is 10.8. The van der Waals surface area contributed by atoms with Crippen LogP contribution in [0.3, 0.4) is 0 Å².